The molecular formula is C17H21NO4. The number of nitrogens with zero attached hydrogens (tertiary/aromatic N) is 1. The summed E-state index contributed by atoms with van der Waals surface area (Å²) in [5.41, 5.74) is 3.25. The van der Waals surface area contributed by atoms with Crippen LogP contribution in [0.2, 0.25) is 0 Å². The maximum atomic E-state index is 11.8. The summed E-state index contributed by atoms with van der Waals surface area (Å²) in [7, 11) is 0. The Morgan fingerprint density at radius 2 is 2.05 bits per heavy atom. The van der Waals surface area contributed by atoms with E-state index in [0.717, 1.165) is 22.1 Å². The standard InChI is InChI=1S/C17H21NO4/c1-10-3-11(2)17-14(4-10)12(5-16(21)22-17)6-18-7-13(9-19)15(20)8-18/h3-5,13,15,19-20H,6-9H2,1-2H3/t13-,15+/m1/s1. The summed E-state index contributed by atoms with van der Waals surface area (Å²) in [4.78, 5) is 13.9. The summed E-state index contributed by atoms with van der Waals surface area (Å²) < 4.78 is 5.35. The van der Waals surface area contributed by atoms with Crippen molar-refractivity contribution < 1.29 is 14.6 Å². The first-order valence-electron chi connectivity index (χ1n) is 7.53. The number of aryl methyl sites for hydroxylation is 2. The molecule has 0 bridgehead atoms. The number of β-amino-alcohol motifs (C(OH)–C–C–N with tert-alkyl or cyclic N) is 1. The van der Waals surface area contributed by atoms with Gasteiger partial charge in [0.2, 0.25) is 0 Å². The molecule has 1 aliphatic heterocycles. The van der Waals surface area contributed by atoms with Crippen LogP contribution in [0.5, 0.6) is 0 Å². The van der Waals surface area contributed by atoms with Crippen molar-refractivity contribution in [3.05, 3.63) is 45.3 Å². The maximum absolute atomic E-state index is 11.8. The quantitative estimate of drug-likeness (QED) is 0.833. The average Bonchev–Trinajstić information content (AvgIpc) is 2.80. The number of rotatable bonds is 3. The van der Waals surface area contributed by atoms with Gasteiger partial charge in [0.25, 0.3) is 0 Å². The predicted octanol–water partition coefficient (Wildman–Crippen LogP) is 1.19. The Morgan fingerprint density at radius 3 is 2.73 bits per heavy atom. The molecule has 1 saturated heterocycles. The molecule has 5 heteroatoms. The Labute approximate surface area is 128 Å². The Bertz CT molecular complexity index is 752. The molecule has 118 valence electrons. The minimum atomic E-state index is -0.514. The smallest absolute Gasteiger partial charge is 0.336 e. The van der Waals surface area contributed by atoms with Crippen LogP contribution < -0.4 is 5.63 Å². The van der Waals surface area contributed by atoms with Crippen LogP contribution in [-0.4, -0.2) is 40.9 Å². The van der Waals surface area contributed by atoms with E-state index in [0.29, 0.717) is 25.2 Å². The van der Waals surface area contributed by atoms with Crippen molar-refractivity contribution in [3.8, 4) is 0 Å². The van der Waals surface area contributed by atoms with Gasteiger partial charge in [-0.25, -0.2) is 4.79 Å². The number of hydrogen-bond acceptors (Lipinski definition) is 5. The molecule has 0 radical (unpaired) electrons. The van der Waals surface area contributed by atoms with Gasteiger partial charge < -0.3 is 14.6 Å². The molecular weight excluding hydrogens is 282 g/mol. The number of hydrogen-bond donors (Lipinski definition) is 2. The molecule has 0 unspecified atom stereocenters. The van der Waals surface area contributed by atoms with E-state index in [-0.39, 0.29) is 18.2 Å². The number of aliphatic hydroxyl groups excluding tert-OH is 2. The van der Waals surface area contributed by atoms with Crippen molar-refractivity contribution in [2.45, 2.75) is 26.5 Å². The molecule has 2 heterocycles. The summed E-state index contributed by atoms with van der Waals surface area (Å²) in [6.45, 7) is 5.64. The molecule has 2 N–H and O–H groups in total. The number of likely N-dealkylation sites (tertiary alicyclic amines) is 1. The highest BCUT2D eigenvalue weighted by Gasteiger charge is 2.30. The minimum Gasteiger partial charge on any atom is -0.422 e. The fraction of sp³-hybridized carbons (Fsp3) is 0.471. The van der Waals surface area contributed by atoms with Gasteiger partial charge in [-0.1, -0.05) is 6.07 Å². The molecule has 5 nitrogen and oxygen atoms in total. The largest absolute Gasteiger partial charge is 0.422 e. The van der Waals surface area contributed by atoms with Gasteiger partial charge in [0.05, 0.1) is 6.10 Å². The lowest BCUT2D eigenvalue weighted by atomic mass is 10.0. The van der Waals surface area contributed by atoms with Gasteiger partial charge in [-0.2, -0.15) is 0 Å². The monoisotopic (exact) mass is 303 g/mol. The Morgan fingerprint density at radius 1 is 1.27 bits per heavy atom. The van der Waals surface area contributed by atoms with E-state index < -0.39 is 6.10 Å². The van der Waals surface area contributed by atoms with Gasteiger partial charge in [0, 0.05) is 43.6 Å². The molecule has 0 spiro atoms. The van der Waals surface area contributed by atoms with Crippen molar-refractivity contribution in [3.63, 3.8) is 0 Å². The molecule has 0 saturated carbocycles. The SMILES string of the molecule is Cc1cc(C)c2oc(=O)cc(CN3C[C@H](CO)[C@@H](O)C3)c2c1. The molecule has 2 aromatic rings. The van der Waals surface area contributed by atoms with Crippen molar-refractivity contribution in [2.75, 3.05) is 19.7 Å². The van der Waals surface area contributed by atoms with E-state index in [9.17, 15) is 15.0 Å². The van der Waals surface area contributed by atoms with E-state index >= 15 is 0 Å². The number of benzene rings is 1. The fourth-order valence-electron chi connectivity index (χ4n) is 3.30. The van der Waals surface area contributed by atoms with E-state index in [4.69, 9.17) is 4.42 Å². The lowest BCUT2D eigenvalue weighted by molar-refractivity contribution is 0.103. The van der Waals surface area contributed by atoms with E-state index in [1.165, 1.54) is 6.07 Å². The first-order valence-corrected chi connectivity index (χ1v) is 7.53. The first kappa shape index (κ1) is 15.2. The second-order valence-corrected chi connectivity index (χ2v) is 6.25. The summed E-state index contributed by atoms with van der Waals surface area (Å²) in [5.74, 6) is -0.116. The normalized spacial score (nSPS) is 22.5. The zero-order valence-electron chi connectivity index (χ0n) is 12.9. The highest BCUT2D eigenvalue weighted by Crippen LogP contribution is 2.25. The third-order valence-corrected chi connectivity index (χ3v) is 4.37. The summed E-state index contributed by atoms with van der Waals surface area (Å²) >= 11 is 0. The predicted molar refractivity (Wildman–Crippen MR) is 83.8 cm³/mol. The highest BCUT2D eigenvalue weighted by atomic mass is 16.4. The lowest BCUT2D eigenvalue weighted by Crippen LogP contribution is -2.22. The van der Waals surface area contributed by atoms with E-state index in [1.807, 2.05) is 26.0 Å². The molecule has 1 aromatic carbocycles. The van der Waals surface area contributed by atoms with Crippen molar-refractivity contribution in [1.29, 1.82) is 0 Å². The second kappa shape index (κ2) is 5.83. The second-order valence-electron chi connectivity index (χ2n) is 6.25. The van der Waals surface area contributed by atoms with Crippen molar-refractivity contribution in [2.24, 2.45) is 5.92 Å². The Balaban J connectivity index is 1.99. The van der Waals surface area contributed by atoms with Gasteiger partial charge in [-0.15, -0.1) is 0 Å². The fourth-order valence-corrected chi connectivity index (χ4v) is 3.30. The molecule has 3 rings (SSSR count). The van der Waals surface area contributed by atoms with Crippen molar-refractivity contribution >= 4 is 11.0 Å². The summed E-state index contributed by atoms with van der Waals surface area (Å²) in [6.07, 6.45) is -0.514. The molecule has 1 aromatic heterocycles. The average molecular weight is 303 g/mol. The van der Waals surface area contributed by atoms with Crippen LogP contribution in [0.4, 0.5) is 0 Å². The van der Waals surface area contributed by atoms with Crippen LogP contribution in [0.25, 0.3) is 11.0 Å². The zero-order chi connectivity index (χ0) is 15.9. The molecule has 2 atom stereocenters. The lowest BCUT2D eigenvalue weighted by Gasteiger charge is -2.17. The number of aliphatic hydroxyl groups is 2. The van der Waals surface area contributed by atoms with E-state index in [1.54, 1.807) is 0 Å². The Hall–Kier alpha value is -1.69. The summed E-state index contributed by atoms with van der Waals surface area (Å²) in [5, 5.41) is 20.1. The molecule has 1 fully saturated rings. The zero-order valence-corrected chi connectivity index (χ0v) is 12.9. The van der Waals surface area contributed by atoms with Gasteiger partial charge in [-0.3, -0.25) is 4.90 Å². The van der Waals surface area contributed by atoms with Gasteiger partial charge in [-0.05, 0) is 36.6 Å². The first-order chi connectivity index (χ1) is 10.5. The minimum absolute atomic E-state index is 0.0203. The van der Waals surface area contributed by atoms with Gasteiger partial charge >= 0.3 is 5.63 Å². The van der Waals surface area contributed by atoms with Crippen LogP contribution in [0.1, 0.15) is 16.7 Å². The van der Waals surface area contributed by atoms with Crippen LogP contribution in [0.3, 0.4) is 0 Å². The Kier molecular flexibility index (Phi) is 4.04. The van der Waals surface area contributed by atoms with Crippen molar-refractivity contribution in [1.82, 2.24) is 4.90 Å². The maximum Gasteiger partial charge on any atom is 0.336 e. The summed E-state index contributed by atoms with van der Waals surface area (Å²) in [6, 6.07) is 5.55. The molecule has 0 aliphatic carbocycles. The van der Waals surface area contributed by atoms with Gasteiger partial charge in [0.15, 0.2) is 0 Å². The number of fused-ring (bicyclic) bond motifs is 1. The van der Waals surface area contributed by atoms with Crippen LogP contribution in [-0.2, 0) is 6.54 Å². The third kappa shape index (κ3) is 2.79. The molecule has 22 heavy (non-hydrogen) atoms. The third-order valence-electron chi connectivity index (χ3n) is 4.37. The highest BCUT2D eigenvalue weighted by molar-refractivity contribution is 5.83. The van der Waals surface area contributed by atoms with Crippen LogP contribution in [0, 0.1) is 19.8 Å². The van der Waals surface area contributed by atoms with Crippen LogP contribution in [0.15, 0.2) is 27.4 Å². The van der Waals surface area contributed by atoms with Gasteiger partial charge in [0.1, 0.15) is 5.58 Å². The van der Waals surface area contributed by atoms with E-state index in [2.05, 4.69) is 4.90 Å². The molecule has 0 amide bonds. The van der Waals surface area contributed by atoms with Crippen LogP contribution >= 0.6 is 0 Å². The topological polar surface area (TPSA) is 73.9 Å². The molecule has 1 aliphatic rings.